The average Bonchev–Trinajstić information content (AvgIpc) is 3.98. The van der Waals surface area contributed by atoms with Crippen molar-refractivity contribution in [3.63, 3.8) is 0 Å². The lowest BCUT2D eigenvalue weighted by atomic mass is 10.0. The summed E-state index contributed by atoms with van der Waals surface area (Å²) in [5, 5.41) is 5.49. The fraction of sp³-hybridized carbons (Fsp3) is 0. The Bertz CT molecular complexity index is 3640. The fourth-order valence-corrected chi connectivity index (χ4v) is 9.22. The Morgan fingerprint density at radius 3 is 1.41 bits per heavy atom. The highest BCUT2D eigenvalue weighted by molar-refractivity contribution is 6.12. The normalized spacial score (nSPS) is 11.9. The second kappa shape index (κ2) is 12.6. The van der Waals surface area contributed by atoms with Crippen LogP contribution in [0.15, 0.2) is 211 Å². The van der Waals surface area contributed by atoms with Gasteiger partial charge in [-0.25, -0.2) is 0 Å². The standard InChI is InChI=1S/C53H34N4O/c58-53-43-22-9-12-25-49(43)57-46(35-14-3-1-4-15-35)30-31-52(57)56(53)40-19-13-18-39(34-40)55-48-24-11-8-21-42(48)45-33-37(27-29-51(45)55)36-26-28-50-44(32-36)41-20-7-10-23-47(41)54(50)38-16-5-2-6-17-38/h1-34H. The molecule has 0 bridgehead atoms. The molecule has 0 spiro atoms. The highest BCUT2D eigenvalue weighted by Gasteiger charge is 2.19. The van der Waals surface area contributed by atoms with Gasteiger partial charge in [0, 0.05) is 32.9 Å². The lowest BCUT2D eigenvalue weighted by Gasteiger charge is -2.16. The first-order valence-electron chi connectivity index (χ1n) is 19.6. The summed E-state index contributed by atoms with van der Waals surface area (Å²) in [5.41, 5.74) is 13.7. The number of hydrogen-bond donors (Lipinski definition) is 0. The van der Waals surface area contributed by atoms with Crippen molar-refractivity contribution in [2.24, 2.45) is 0 Å². The Hall–Kier alpha value is -7.89. The van der Waals surface area contributed by atoms with Crippen molar-refractivity contribution in [2.45, 2.75) is 0 Å². The van der Waals surface area contributed by atoms with Crippen LogP contribution in [0.3, 0.4) is 0 Å². The van der Waals surface area contributed by atoms with E-state index < -0.39 is 0 Å². The first-order valence-corrected chi connectivity index (χ1v) is 19.6. The van der Waals surface area contributed by atoms with Gasteiger partial charge in [-0.1, -0.05) is 115 Å². The number of fused-ring (bicyclic) bond motifs is 9. The van der Waals surface area contributed by atoms with E-state index in [4.69, 9.17) is 0 Å². The molecular formula is C53H34N4O. The van der Waals surface area contributed by atoms with Gasteiger partial charge >= 0.3 is 0 Å². The van der Waals surface area contributed by atoms with E-state index in [1.807, 2.05) is 41.0 Å². The fourth-order valence-electron chi connectivity index (χ4n) is 9.22. The minimum absolute atomic E-state index is 0.0475. The number of hydrogen-bond acceptors (Lipinski definition) is 1. The molecule has 0 aliphatic heterocycles. The van der Waals surface area contributed by atoms with Crippen LogP contribution in [0.4, 0.5) is 0 Å². The van der Waals surface area contributed by atoms with Crippen LogP contribution in [0.25, 0.3) is 99.6 Å². The molecule has 0 unspecified atom stereocenters. The number of rotatable bonds is 5. The van der Waals surface area contributed by atoms with Crippen LogP contribution in [0.2, 0.25) is 0 Å². The van der Waals surface area contributed by atoms with Crippen LogP contribution >= 0.6 is 0 Å². The highest BCUT2D eigenvalue weighted by atomic mass is 16.1. The number of aromatic nitrogens is 4. The maximum absolute atomic E-state index is 14.5. The third-order valence-corrected chi connectivity index (χ3v) is 11.8. The van der Waals surface area contributed by atoms with Crippen LogP contribution in [-0.2, 0) is 0 Å². The van der Waals surface area contributed by atoms with E-state index in [0.29, 0.717) is 5.39 Å². The van der Waals surface area contributed by atoms with Gasteiger partial charge in [-0.15, -0.1) is 0 Å². The van der Waals surface area contributed by atoms with Gasteiger partial charge < -0.3 is 9.13 Å². The zero-order chi connectivity index (χ0) is 38.3. The van der Waals surface area contributed by atoms with Crippen LogP contribution in [0.5, 0.6) is 0 Å². The minimum Gasteiger partial charge on any atom is -0.309 e. The molecule has 4 heterocycles. The van der Waals surface area contributed by atoms with Crippen molar-refractivity contribution < 1.29 is 0 Å². The van der Waals surface area contributed by atoms with Gasteiger partial charge in [0.05, 0.1) is 44.4 Å². The summed E-state index contributed by atoms with van der Waals surface area (Å²) in [4.78, 5) is 14.5. The summed E-state index contributed by atoms with van der Waals surface area (Å²) in [7, 11) is 0. The number of nitrogens with zero attached hydrogens (tertiary/aromatic N) is 4. The van der Waals surface area contributed by atoms with Gasteiger partial charge in [-0.05, 0) is 108 Å². The molecule has 272 valence electrons. The second-order valence-electron chi connectivity index (χ2n) is 15.0. The molecule has 8 aromatic carbocycles. The highest BCUT2D eigenvalue weighted by Crippen LogP contribution is 2.38. The van der Waals surface area contributed by atoms with Crippen molar-refractivity contribution in [3.8, 4) is 39.4 Å². The molecule has 0 amide bonds. The zero-order valence-corrected chi connectivity index (χ0v) is 31.3. The van der Waals surface area contributed by atoms with Crippen molar-refractivity contribution in [1.29, 1.82) is 0 Å². The summed E-state index contributed by atoms with van der Waals surface area (Å²) < 4.78 is 8.74. The van der Waals surface area contributed by atoms with E-state index in [0.717, 1.165) is 56.1 Å². The van der Waals surface area contributed by atoms with E-state index in [2.05, 4.69) is 183 Å². The zero-order valence-electron chi connectivity index (χ0n) is 31.3. The lowest BCUT2D eigenvalue weighted by Crippen LogP contribution is -2.21. The van der Waals surface area contributed by atoms with Gasteiger partial charge in [-0.2, -0.15) is 0 Å². The molecule has 12 aromatic rings. The molecule has 0 radical (unpaired) electrons. The van der Waals surface area contributed by atoms with Gasteiger partial charge in [-0.3, -0.25) is 13.8 Å². The van der Waals surface area contributed by atoms with Crippen molar-refractivity contribution in [1.82, 2.24) is 18.1 Å². The molecule has 58 heavy (non-hydrogen) atoms. The average molecular weight is 743 g/mol. The number of benzene rings is 8. The van der Waals surface area contributed by atoms with E-state index in [9.17, 15) is 4.79 Å². The molecule has 0 atom stereocenters. The summed E-state index contributed by atoms with van der Waals surface area (Å²) in [6, 6.07) is 72.3. The molecule has 0 saturated carbocycles. The van der Waals surface area contributed by atoms with Crippen LogP contribution in [0, 0.1) is 0 Å². The second-order valence-corrected chi connectivity index (χ2v) is 15.0. The Morgan fingerprint density at radius 1 is 0.293 bits per heavy atom. The summed E-state index contributed by atoms with van der Waals surface area (Å²) in [6.45, 7) is 0. The number of para-hydroxylation sites is 4. The lowest BCUT2D eigenvalue weighted by molar-refractivity contribution is 0.997. The molecule has 0 N–H and O–H groups in total. The van der Waals surface area contributed by atoms with Crippen LogP contribution in [0.1, 0.15) is 0 Å². The monoisotopic (exact) mass is 742 g/mol. The maximum Gasteiger partial charge on any atom is 0.266 e. The van der Waals surface area contributed by atoms with E-state index >= 15 is 0 Å². The summed E-state index contributed by atoms with van der Waals surface area (Å²) >= 11 is 0. The van der Waals surface area contributed by atoms with E-state index in [1.165, 1.54) is 38.1 Å². The minimum atomic E-state index is -0.0475. The van der Waals surface area contributed by atoms with Gasteiger partial charge in [0.25, 0.3) is 5.56 Å². The quantitative estimate of drug-likeness (QED) is 0.173. The topological polar surface area (TPSA) is 36.3 Å². The molecular weight excluding hydrogens is 709 g/mol. The van der Waals surface area contributed by atoms with Crippen molar-refractivity contribution in [3.05, 3.63) is 217 Å². The molecule has 0 saturated heterocycles. The molecule has 0 aliphatic rings. The summed E-state index contributed by atoms with van der Waals surface area (Å²) in [6.07, 6.45) is 0. The van der Waals surface area contributed by atoms with Gasteiger partial charge in [0.1, 0.15) is 5.65 Å². The van der Waals surface area contributed by atoms with E-state index in [-0.39, 0.29) is 5.56 Å². The van der Waals surface area contributed by atoms with Crippen molar-refractivity contribution in [2.75, 3.05) is 0 Å². The predicted molar refractivity (Wildman–Crippen MR) is 240 cm³/mol. The van der Waals surface area contributed by atoms with Gasteiger partial charge in [0.2, 0.25) is 0 Å². The SMILES string of the molecule is O=c1c2ccccc2n2c(-c3ccccc3)ccc2n1-c1cccc(-n2c3ccccc3c3cc(-c4ccc5c(c4)c4ccccc4n5-c4ccccc4)ccc32)c1. The molecule has 5 nitrogen and oxygen atoms in total. The summed E-state index contributed by atoms with van der Waals surface area (Å²) in [5.74, 6) is 0. The largest absolute Gasteiger partial charge is 0.309 e. The molecule has 5 heteroatoms. The maximum atomic E-state index is 14.5. The third-order valence-electron chi connectivity index (χ3n) is 11.8. The Morgan fingerprint density at radius 2 is 0.776 bits per heavy atom. The third kappa shape index (κ3) is 4.74. The first kappa shape index (κ1) is 32.4. The smallest absolute Gasteiger partial charge is 0.266 e. The van der Waals surface area contributed by atoms with E-state index in [1.54, 1.807) is 0 Å². The van der Waals surface area contributed by atoms with Crippen molar-refractivity contribution >= 4 is 60.2 Å². The molecule has 4 aromatic heterocycles. The Labute approximate surface area is 333 Å². The first-order chi connectivity index (χ1) is 28.7. The Balaban J connectivity index is 1.03. The molecule has 0 fully saturated rings. The predicted octanol–water partition coefficient (Wildman–Crippen LogP) is 12.8. The molecule has 12 rings (SSSR count). The van der Waals surface area contributed by atoms with Crippen LogP contribution in [-0.4, -0.2) is 18.1 Å². The Kier molecular flexibility index (Phi) is 7.01. The van der Waals surface area contributed by atoms with Crippen LogP contribution < -0.4 is 5.56 Å². The van der Waals surface area contributed by atoms with Gasteiger partial charge in [0.15, 0.2) is 0 Å². The molecule has 0 aliphatic carbocycles.